The zero-order valence-electron chi connectivity index (χ0n) is 14.9. The molecule has 0 radical (unpaired) electrons. The summed E-state index contributed by atoms with van der Waals surface area (Å²) in [7, 11) is 0. The Morgan fingerprint density at radius 3 is 2.81 bits per heavy atom. The third kappa shape index (κ3) is 3.63. The minimum Gasteiger partial charge on any atom is -0.451 e. The first kappa shape index (κ1) is 17.8. The number of anilines is 1. The van der Waals surface area contributed by atoms with Crippen LogP contribution < -0.4 is 4.90 Å². The molecule has 0 spiro atoms. The lowest BCUT2D eigenvalue weighted by Crippen LogP contribution is -2.33. The van der Waals surface area contributed by atoms with Gasteiger partial charge < -0.3 is 9.64 Å². The average molecular weight is 399 g/mol. The molecular weight excluding hydrogens is 382 g/mol. The van der Waals surface area contributed by atoms with Gasteiger partial charge in [0.15, 0.2) is 6.61 Å². The van der Waals surface area contributed by atoms with Crippen molar-refractivity contribution in [2.75, 3.05) is 18.1 Å². The van der Waals surface area contributed by atoms with Crippen LogP contribution in [0.4, 0.5) is 5.69 Å². The Kier molecular flexibility index (Phi) is 4.75. The maximum Gasteiger partial charge on any atom is 0.350 e. The van der Waals surface area contributed by atoms with Crippen LogP contribution in [0.5, 0.6) is 0 Å². The predicted molar refractivity (Wildman–Crippen MR) is 105 cm³/mol. The molecule has 6 nitrogen and oxygen atoms in total. The van der Waals surface area contributed by atoms with Crippen molar-refractivity contribution in [3.63, 3.8) is 0 Å². The van der Waals surface area contributed by atoms with Crippen molar-refractivity contribution in [3.05, 3.63) is 50.2 Å². The van der Waals surface area contributed by atoms with Gasteiger partial charge in [0.2, 0.25) is 0 Å². The molecule has 0 N–H and O–H groups in total. The summed E-state index contributed by atoms with van der Waals surface area (Å²) in [6, 6.07) is 6.01. The Morgan fingerprint density at radius 2 is 2.11 bits per heavy atom. The van der Waals surface area contributed by atoms with Gasteiger partial charge in [-0.3, -0.25) is 4.79 Å². The number of aromatic nitrogens is 2. The zero-order valence-corrected chi connectivity index (χ0v) is 16.5. The van der Waals surface area contributed by atoms with Crippen LogP contribution in [-0.2, 0) is 16.0 Å². The number of nitrogens with zero attached hydrogens (tertiary/aromatic N) is 3. The standard InChI is InChI=1S/C19H17N3O3S2/c1-11-20-8-17(27-11)19(24)25-9-18(23)22-6-5-14-7-13(3-4-16(14)22)15-10-26-12(2)21-15/h3-4,7-8,10H,5-6,9H2,1-2H3. The van der Waals surface area contributed by atoms with E-state index in [1.54, 1.807) is 16.2 Å². The SMILES string of the molecule is Cc1nc(-c2ccc3c(c2)CCN3C(=O)COC(=O)c2cnc(C)s2)cs1. The first-order chi connectivity index (χ1) is 13.0. The summed E-state index contributed by atoms with van der Waals surface area (Å²) in [5.41, 5.74) is 3.99. The number of ether oxygens (including phenoxy) is 1. The lowest BCUT2D eigenvalue weighted by atomic mass is 10.1. The Balaban J connectivity index is 1.44. The summed E-state index contributed by atoms with van der Waals surface area (Å²) in [5.74, 6) is -0.733. The molecule has 8 heteroatoms. The molecule has 2 aromatic heterocycles. The molecule has 1 aliphatic rings. The molecule has 0 saturated heterocycles. The van der Waals surface area contributed by atoms with E-state index < -0.39 is 5.97 Å². The maximum absolute atomic E-state index is 12.5. The van der Waals surface area contributed by atoms with Crippen molar-refractivity contribution in [3.8, 4) is 11.3 Å². The monoisotopic (exact) mass is 399 g/mol. The van der Waals surface area contributed by atoms with Crippen molar-refractivity contribution in [1.82, 2.24) is 9.97 Å². The number of esters is 1. The van der Waals surface area contributed by atoms with Gasteiger partial charge in [-0.25, -0.2) is 14.8 Å². The number of carbonyl (C=O) groups is 2. The highest BCUT2D eigenvalue weighted by Crippen LogP contribution is 2.32. The number of benzene rings is 1. The predicted octanol–water partition coefficient (Wildman–Crippen LogP) is 3.63. The second kappa shape index (κ2) is 7.21. The minimum absolute atomic E-state index is 0.222. The van der Waals surface area contributed by atoms with E-state index in [0.29, 0.717) is 11.4 Å². The number of aryl methyl sites for hydroxylation is 2. The molecule has 3 aromatic rings. The van der Waals surface area contributed by atoms with Crippen molar-refractivity contribution >= 4 is 40.2 Å². The molecule has 0 bridgehead atoms. The topological polar surface area (TPSA) is 72.4 Å². The van der Waals surface area contributed by atoms with Gasteiger partial charge in [0.1, 0.15) is 4.88 Å². The molecule has 0 unspecified atom stereocenters. The molecular formula is C19H17N3O3S2. The van der Waals surface area contributed by atoms with E-state index in [-0.39, 0.29) is 12.5 Å². The van der Waals surface area contributed by atoms with E-state index in [0.717, 1.165) is 38.9 Å². The smallest absolute Gasteiger partial charge is 0.350 e. The van der Waals surface area contributed by atoms with Gasteiger partial charge in [-0.15, -0.1) is 22.7 Å². The van der Waals surface area contributed by atoms with Crippen LogP contribution in [-0.4, -0.2) is 35.0 Å². The molecule has 0 saturated carbocycles. The van der Waals surface area contributed by atoms with E-state index in [2.05, 4.69) is 16.0 Å². The third-order valence-corrected chi connectivity index (χ3v) is 6.01. The number of hydrogen-bond acceptors (Lipinski definition) is 7. The summed E-state index contributed by atoms with van der Waals surface area (Å²) in [6.07, 6.45) is 2.25. The number of fused-ring (bicyclic) bond motifs is 1. The molecule has 0 aliphatic carbocycles. The Bertz CT molecular complexity index is 1020. The molecule has 3 heterocycles. The number of carbonyl (C=O) groups excluding carboxylic acids is 2. The Labute approximate surface area is 164 Å². The number of rotatable bonds is 4. The molecule has 0 fully saturated rings. The Morgan fingerprint density at radius 1 is 1.26 bits per heavy atom. The lowest BCUT2D eigenvalue weighted by Gasteiger charge is -2.17. The van der Waals surface area contributed by atoms with E-state index in [9.17, 15) is 9.59 Å². The first-order valence-corrected chi connectivity index (χ1v) is 10.2. The fourth-order valence-electron chi connectivity index (χ4n) is 3.05. The summed E-state index contributed by atoms with van der Waals surface area (Å²) in [4.78, 5) is 35.2. The fraction of sp³-hybridized carbons (Fsp3) is 0.263. The van der Waals surface area contributed by atoms with Crippen LogP contribution in [0, 0.1) is 13.8 Å². The van der Waals surface area contributed by atoms with Gasteiger partial charge >= 0.3 is 5.97 Å². The van der Waals surface area contributed by atoms with Crippen molar-refractivity contribution in [2.45, 2.75) is 20.3 Å². The fourth-order valence-corrected chi connectivity index (χ4v) is 4.34. The lowest BCUT2D eigenvalue weighted by molar-refractivity contribution is -0.121. The van der Waals surface area contributed by atoms with Gasteiger partial charge in [0.25, 0.3) is 5.91 Å². The first-order valence-electron chi connectivity index (χ1n) is 8.46. The number of thiazole rings is 2. The summed E-state index contributed by atoms with van der Waals surface area (Å²) in [5, 5.41) is 3.85. The summed E-state index contributed by atoms with van der Waals surface area (Å²) < 4.78 is 5.16. The van der Waals surface area contributed by atoms with Crippen molar-refractivity contribution in [1.29, 1.82) is 0 Å². The van der Waals surface area contributed by atoms with Crippen LogP contribution in [0.25, 0.3) is 11.3 Å². The molecule has 0 atom stereocenters. The highest BCUT2D eigenvalue weighted by molar-refractivity contribution is 7.13. The Hall–Kier alpha value is -2.58. The van der Waals surface area contributed by atoms with Gasteiger partial charge in [0, 0.05) is 23.2 Å². The number of amides is 1. The van der Waals surface area contributed by atoms with E-state index in [1.807, 2.05) is 31.4 Å². The van der Waals surface area contributed by atoms with Gasteiger partial charge in [0.05, 0.1) is 21.9 Å². The van der Waals surface area contributed by atoms with Crippen molar-refractivity contribution < 1.29 is 14.3 Å². The summed E-state index contributed by atoms with van der Waals surface area (Å²) in [6.45, 7) is 4.11. The highest BCUT2D eigenvalue weighted by atomic mass is 32.1. The second-order valence-electron chi connectivity index (χ2n) is 6.21. The van der Waals surface area contributed by atoms with E-state index in [1.165, 1.54) is 17.5 Å². The molecule has 27 heavy (non-hydrogen) atoms. The normalized spacial score (nSPS) is 12.9. The zero-order chi connectivity index (χ0) is 19.0. The maximum atomic E-state index is 12.5. The summed E-state index contributed by atoms with van der Waals surface area (Å²) >= 11 is 2.87. The third-order valence-electron chi connectivity index (χ3n) is 4.34. The average Bonchev–Trinajstić information content (AvgIpc) is 3.38. The highest BCUT2D eigenvalue weighted by Gasteiger charge is 2.26. The molecule has 138 valence electrons. The van der Waals surface area contributed by atoms with Gasteiger partial charge in [-0.2, -0.15) is 0 Å². The quantitative estimate of drug-likeness (QED) is 0.627. The molecule has 1 amide bonds. The minimum atomic E-state index is -0.511. The van der Waals surface area contributed by atoms with Crippen LogP contribution in [0.3, 0.4) is 0 Å². The van der Waals surface area contributed by atoms with Crippen LogP contribution in [0.2, 0.25) is 0 Å². The van der Waals surface area contributed by atoms with E-state index in [4.69, 9.17) is 4.74 Å². The second-order valence-corrected chi connectivity index (χ2v) is 8.51. The molecule has 4 rings (SSSR count). The molecule has 1 aliphatic heterocycles. The van der Waals surface area contributed by atoms with Gasteiger partial charge in [-0.05, 0) is 38.0 Å². The largest absolute Gasteiger partial charge is 0.451 e. The van der Waals surface area contributed by atoms with Crippen LogP contribution in [0.1, 0.15) is 25.3 Å². The van der Waals surface area contributed by atoms with Crippen LogP contribution >= 0.6 is 22.7 Å². The van der Waals surface area contributed by atoms with Crippen LogP contribution in [0.15, 0.2) is 29.8 Å². The van der Waals surface area contributed by atoms with E-state index >= 15 is 0 Å². The van der Waals surface area contributed by atoms with Crippen molar-refractivity contribution in [2.24, 2.45) is 0 Å². The number of hydrogen-bond donors (Lipinski definition) is 0. The molecule has 1 aromatic carbocycles. The van der Waals surface area contributed by atoms with Gasteiger partial charge in [-0.1, -0.05) is 6.07 Å².